The van der Waals surface area contributed by atoms with Crippen LogP contribution in [0.2, 0.25) is 0 Å². The second-order valence-electron chi connectivity index (χ2n) is 3.23. The zero-order valence-electron chi connectivity index (χ0n) is 8.66. The Morgan fingerprint density at radius 1 is 1.41 bits per heavy atom. The van der Waals surface area contributed by atoms with Crippen LogP contribution in [0.1, 0.15) is 5.76 Å². The Morgan fingerprint density at radius 2 is 2.00 bits per heavy atom. The van der Waals surface area contributed by atoms with Gasteiger partial charge in [0.15, 0.2) is 0 Å². The maximum atomic E-state index is 12.1. The zero-order valence-corrected chi connectivity index (χ0v) is 10.2. The fourth-order valence-electron chi connectivity index (χ4n) is 1.06. The molecule has 17 heavy (non-hydrogen) atoms. The van der Waals surface area contributed by atoms with Crippen LogP contribution in [0.3, 0.4) is 0 Å². The van der Waals surface area contributed by atoms with Gasteiger partial charge in [0.05, 0.1) is 5.88 Å². The number of halogens is 4. The number of hydrogen-bond acceptors (Lipinski definition) is 3. The van der Waals surface area contributed by atoms with Gasteiger partial charge in [-0.1, -0.05) is 0 Å². The van der Waals surface area contributed by atoms with E-state index in [0.717, 1.165) is 13.1 Å². The number of furan rings is 1. The van der Waals surface area contributed by atoms with Gasteiger partial charge in [-0.15, -0.1) is 11.6 Å². The van der Waals surface area contributed by atoms with Crippen molar-refractivity contribution < 1.29 is 26.0 Å². The smallest absolute Gasteiger partial charge is 0.402 e. The van der Waals surface area contributed by atoms with Gasteiger partial charge in [0, 0.05) is 7.05 Å². The van der Waals surface area contributed by atoms with Crippen LogP contribution in [0.15, 0.2) is 21.6 Å². The van der Waals surface area contributed by atoms with Crippen molar-refractivity contribution >= 4 is 21.6 Å². The maximum absolute atomic E-state index is 12.1. The van der Waals surface area contributed by atoms with Crippen LogP contribution in [-0.4, -0.2) is 32.5 Å². The number of hydrogen-bond donors (Lipinski definition) is 0. The highest BCUT2D eigenvalue weighted by molar-refractivity contribution is 7.89. The van der Waals surface area contributed by atoms with Crippen molar-refractivity contribution in [3.63, 3.8) is 0 Å². The summed E-state index contributed by atoms with van der Waals surface area (Å²) in [6.45, 7) is -1.58. The van der Waals surface area contributed by atoms with E-state index in [1.165, 1.54) is 6.07 Å². The molecule has 0 aliphatic heterocycles. The first-order chi connectivity index (χ1) is 7.66. The summed E-state index contributed by atoms with van der Waals surface area (Å²) < 4.78 is 64.4. The molecule has 0 amide bonds. The van der Waals surface area contributed by atoms with Gasteiger partial charge in [-0.25, -0.2) is 8.42 Å². The summed E-state index contributed by atoms with van der Waals surface area (Å²) in [5.74, 6) is 0.115. The predicted molar refractivity (Wildman–Crippen MR) is 54.1 cm³/mol. The topological polar surface area (TPSA) is 50.5 Å². The Bertz CT molecular complexity index is 482. The molecule has 98 valence electrons. The minimum Gasteiger partial charge on any atom is -0.447 e. The van der Waals surface area contributed by atoms with E-state index in [1.807, 2.05) is 0 Å². The van der Waals surface area contributed by atoms with E-state index >= 15 is 0 Å². The highest BCUT2D eigenvalue weighted by Gasteiger charge is 2.36. The van der Waals surface area contributed by atoms with E-state index in [2.05, 4.69) is 0 Å². The molecule has 1 aromatic heterocycles. The zero-order chi connectivity index (χ0) is 13.3. The molecule has 0 aliphatic rings. The molecule has 0 fully saturated rings. The standard InChI is InChI=1S/C8H9ClF3NO3S/c1-13(5-8(10,11)12)17(14,15)7-3-2-6(4-9)16-7/h2-3H,4-5H2,1H3. The molecule has 1 rings (SSSR count). The molecule has 1 heterocycles. The summed E-state index contributed by atoms with van der Waals surface area (Å²) in [4.78, 5) is 0. The van der Waals surface area contributed by atoms with Gasteiger partial charge in [0.25, 0.3) is 10.0 Å². The summed E-state index contributed by atoms with van der Waals surface area (Å²) in [6.07, 6.45) is -4.61. The molecule has 0 atom stereocenters. The van der Waals surface area contributed by atoms with Crippen LogP contribution in [-0.2, 0) is 15.9 Å². The van der Waals surface area contributed by atoms with E-state index in [0.29, 0.717) is 0 Å². The molecule has 0 bridgehead atoms. The van der Waals surface area contributed by atoms with Gasteiger partial charge in [-0.2, -0.15) is 17.5 Å². The Balaban J connectivity index is 2.95. The van der Waals surface area contributed by atoms with Crippen LogP contribution in [0.4, 0.5) is 13.2 Å². The minimum atomic E-state index is -4.61. The van der Waals surface area contributed by atoms with Crippen molar-refractivity contribution in [3.05, 3.63) is 17.9 Å². The van der Waals surface area contributed by atoms with Crippen molar-refractivity contribution in [2.24, 2.45) is 0 Å². The fourth-order valence-corrected chi connectivity index (χ4v) is 2.28. The summed E-state index contributed by atoms with van der Waals surface area (Å²) in [6, 6.07) is 2.36. The largest absolute Gasteiger partial charge is 0.447 e. The lowest BCUT2D eigenvalue weighted by Gasteiger charge is -2.16. The summed E-state index contributed by atoms with van der Waals surface area (Å²) in [5.41, 5.74) is 0. The number of alkyl halides is 4. The second kappa shape index (κ2) is 4.87. The quantitative estimate of drug-likeness (QED) is 0.799. The van der Waals surface area contributed by atoms with Gasteiger partial charge in [-0.3, -0.25) is 0 Å². The SMILES string of the molecule is CN(CC(F)(F)F)S(=O)(=O)c1ccc(CCl)o1. The number of rotatable bonds is 4. The number of sulfonamides is 1. The van der Waals surface area contributed by atoms with E-state index in [-0.39, 0.29) is 15.9 Å². The first kappa shape index (κ1) is 14.3. The normalized spacial score (nSPS) is 13.3. The Morgan fingerprint density at radius 3 is 2.41 bits per heavy atom. The molecule has 9 heteroatoms. The third-order valence-electron chi connectivity index (χ3n) is 1.84. The molecule has 0 N–H and O–H groups in total. The van der Waals surface area contributed by atoms with Gasteiger partial charge in [-0.05, 0) is 12.1 Å². The van der Waals surface area contributed by atoms with Crippen molar-refractivity contribution in [3.8, 4) is 0 Å². The molecule has 0 aromatic carbocycles. The molecule has 0 unspecified atom stereocenters. The van der Waals surface area contributed by atoms with E-state index in [4.69, 9.17) is 16.0 Å². The lowest BCUT2D eigenvalue weighted by atomic mass is 10.5. The molecule has 4 nitrogen and oxygen atoms in total. The molecule has 0 saturated carbocycles. The fraction of sp³-hybridized carbons (Fsp3) is 0.500. The van der Waals surface area contributed by atoms with Gasteiger partial charge >= 0.3 is 6.18 Å². The summed E-state index contributed by atoms with van der Waals surface area (Å²) in [5, 5.41) is -0.556. The predicted octanol–water partition coefficient (Wildman–Crippen LogP) is 2.20. The van der Waals surface area contributed by atoms with Gasteiger partial charge in [0.2, 0.25) is 5.09 Å². The van der Waals surface area contributed by atoms with E-state index < -0.39 is 27.8 Å². The molecule has 0 spiro atoms. The maximum Gasteiger partial charge on any atom is 0.402 e. The Hall–Kier alpha value is -0.730. The van der Waals surface area contributed by atoms with Crippen LogP contribution >= 0.6 is 11.6 Å². The summed E-state index contributed by atoms with van der Waals surface area (Å²) >= 11 is 5.39. The van der Waals surface area contributed by atoms with Crippen LogP contribution < -0.4 is 0 Å². The molecule has 0 radical (unpaired) electrons. The third-order valence-corrected chi connectivity index (χ3v) is 3.78. The van der Waals surface area contributed by atoms with Gasteiger partial charge in [0.1, 0.15) is 12.3 Å². The first-order valence-electron chi connectivity index (χ1n) is 4.34. The Kier molecular flexibility index (Phi) is 4.11. The highest BCUT2D eigenvalue weighted by atomic mass is 35.5. The molecule has 0 aliphatic carbocycles. The minimum absolute atomic E-state index is 0.0570. The van der Waals surface area contributed by atoms with Crippen LogP contribution in [0.25, 0.3) is 0 Å². The van der Waals surface area contributed by atoms with E-state index in [9.17, 15) is 21.6 Å². The third kappa shape index (κ3) is 3.62. The molecular formula is C8H9ClF3NO3S. The number of nitrogens with zero attached hydrogens (tertiary/aromatic N) is 1. The lowest BCUT2D eigenvalue weighted by molar-refractivity contribution is -0.134. The van der Waals surface area contributed by atoms with Crippen molar-refractivity contribution in [1.82, 2.24) is 4.31 Å². The molecule has 0 saturated heterocycles. The summed E-state index contributed by atoms with van der Waals surface area (Å²) in [7, 11) is -3.45. The van der Waals surface area contributed by atoms with Crippen LogP contribution in [0, 0.1) is 0 Å². The van der Waals surface area contributed by atoms with Crippen molar-refractivity contribution in [2.75, 3.05) is 13.6 Å². The van der Waals surface area contributed by atoms with Crippen molar-refractivity contribution in [2.45, 2.75) is 17.1 Å². The monoisotopic (exact) mass is 291 g/mol. The first-order valence-corrected chi connectivity index (χ1v) is 6.32. The Labute approximate surface area is 101 Å². The average Bonchev–Trinajstić information content (AvgIpc) is 2.63. The average molecular weight is 292 g/mol. The van der Waals surface area contributed by atoms with Crippen molar-refractivity contribution in [1.29, 1.82) is 0 Å². The van der Waals surface area contributed by atoms with E-state index in [1.54, 1.807) is 0 Å². The molecule has 1 aromatic rings. The second-order valence-corrected chi connectivity index (χ2v) is 5.47. The van der Waals surface area contributed by atoms with Gasteiger partial charge < -0.3 is 4.42 Å². The highest BCUT2D eigenvalue weighted by Crippen LogP contribution is 2.23. The molecular weight excluding hydrogens is 283 g/mol. The lowest BCUT2D eigenvalue weighted by Crippen LogP contribution is -2.35. The van der Waals surface area contributed by atoms with Crippen LogP contribution in [0.5, 0.6) is 0 Å².